The van der Waals surface area contributed by atoms with E-state index >= 15 is 0 Å². The summed E-state index contributed by atoms with van der Waals surface area (Å²) in [5.74, 6) is -1.36. The standard InChI is InChI=1S/C19H16ClFN2O3/c1-11(22-10-12-3-2-4-14(20)9-12)18-16(19(24)25)17(23-26-18)13-5-7-15(21)8-6-13/h2-9,11,22H,10H2,1H3,(H,24,25). The van der Waals surface area contributed by atoms with Crippen molar-refractivity contribution in [3.8, 4) is 11.3 Å². The number of rotatable bonds is 6. The van der Waals surface area contributed by atoms with Gasteiger partial charge in [0.1, 0.15) is 17.1 Å². The zero-order valence-electron chi connectivity index (χ0n) is 13.9. The molecule has 0 radical (unpaired) electrons. The van der Waals surface area contributed by atoms with E-state index in [-0.39, 0.29) is 17.0 Å². The van der Waals surface area contributed by atoms with Crippen molar-refractivity contribution in [3.05, 3.63) is 76.3 Å². The Balaban J connectivity index is 1.85. The van der Waals surface area contributed by atoms with Crippen LogP contribution in [0.5, 0.6) is 0 Å². The van der Waals surface area contributed by atoms with Crippen molar-refractivity contribution in [3.63, 3.8) is 0 Å². The lowest BCUT2D eigenvalue weighted by Gasteiger charge is -2.12. The molecule has 0 fully saturated rings. The van der Waals surface area contributed by atoms with E-state index in [1.807, 2.05) is 18.2 Å². The molecule has 3 aromatic rings. The maximum Gasteiger partial charge on any atom is 0.341 e. The smallest absolute Gasteiger partial charge is 0.341 e. The number of hydrogen-bond acceptors (Lipinski definition) is 4. The van der Waals surface area contributed by atoms with Gasteiger partial charge in [-0.05, 0) is 48.9 Å². The molecule has 134 valence electrons. The maximum absolute atomic E-state index is 13.1. The van der Waals surface area contributed by atoms with E-state index in [9.17, 15) is 14.3 Å². The Morgan fingerprint density at radius 1 is 1.31 bits per heavy atom. The third-order valence-corrected chi connectivity index (χ3v) is 4.18. The maximum atomic E-state index is 13.1. The highest BCUT2D eigenvalue weighted by atomic mass is 35.5. The minimum absolute atomic E-state index is 0.0392. The van der Waals surface area contributed by atoms with E-state index in [2.05, 4.69) is 10.5 Å². The predicted octanol–water partition coefficient (Wildman–Crippen LogP) is 4.68. The van der Waals surface area contributed by atoms with Gasteiger partial charge in [0.2, 0.25) is 0 Å². The second-order valence-electron chi connectivity index (χ2n) is 5.81. The summed E-state index contributed by atoms with van der Waals surface area (Å²) in [5.41, 5.74) is 1.56. The molecule has 26 heavy (non-hydrogen) atoms. The fourth-order valence-corrected chi connectivity index (χ4v) is 2.83. The van der Waals surface area contributed by atoms with Crippen LogP contribution in [0.1, 0.15) is 34.6 Å². The van der Waals surface area contributed by atoms with Crippen LogP contribution in [-0.4, -0.2) is 16.2 Å². The van der Waals surface area contributed by atoms with Crippen molar-refractivity contribution in [1.29, 1.82) is 0 Å². The molecular weight excluding hydrogens is 359 g/mol. The van der Waals surface area contributed by atoms with Crippen molar-refractivity contribution in [2.75, 3.05) is 0 Å². The lowest BCUT2D eigenvalue weighted by Crippen LogP contribution is -2.19. The van der Waals surface area contributed by atoms with Crippen LogP contribution in [0.2, 0.25) is 5.02 Å². The molecule has 0 saturated heterocycles. The van der Waals surface area contributed by atoms with E-state index < -0.39 is 17.8 Å². The monoisotopic (exact) mass is 374 g/mol. The molecular formula is C19H16ClFN2O3. The summed E-state index contributed by atoms with van der Waals surface area (Å²) in [7, 11) is 0. The number of benzene rings is 2. The Morgan fingerprint density at radius 3 is 2.69 bits per heavy atom. The molecule has 3 rings (SSSR count). The average Bonchev–Trinajstić information content (AvgIpc) is 3.06. The number of carbonyl (C=O) groups is 1. The predicted molar refractivity (Wildman–Crippen MR) is 95.6 cm³/mol. The van der Waals surface area contributed by atoms with Gasteiger partial charge in [-0.2, -0.15) is 0 Å². The molecule has 5 nitrogen and oxygen atoms in total. The molecule has 0 bridgehead atoms. The molecule has 2 aromatic carbocycles. The second kappa shape index (κ2) is 7.68. The zero-order valence-corrected chi connectivity index (χ0v) is 14.6. The van der Waals surface area contributed by atoms with E-state index in [0.717, 1.165) is 5.56 Å². The highest BCUT2D eigenvalue weighted by Gasteiger charge is 2.27. The van der Waals surface area contributed by atoms with Gasteiger partial charge in [-0.15, -0.1) is 0 Å². The van der Waals surface area contributed by atoms with Crippen LogP contribution >= 0.6 is 11.6 Å². The van der Waals surface area contributed by atoms with Crippen molar-refractivity contribution >= 4 is 17.6 Å². The summed E-state index contributed by atoms with van der Waals surface area (Å²) in [6, 6.07) is 12.4. The summed E-state index contributed by atoms with van der Waals surface area (Å²) in [5, 5.41) is 17.3. The van der Waals surface area contributed by atoms with Gasteiger partial charge in [0.05, 0.1) is 6.04 Å². The van der Waals surface area contributed by atoms with Gasteiger partial charge in [-0.3, -0.25) is 0 Å². The Labute approximate surface area is 154 Å². The van der Waals surface area contributed by atoms with Crippen LogP contribution in [0.15, 0.2) is 53.1 Å². The van der Waals surface area contributed by atoms with Crippen molar-refractivity contribution in [2.24, 2.45) is 0 Å². The van der Waals surface area contributed by atoms with E-state index in [1.54, 1.807) is 13.0 Å². The quantitative estimate of drug-likeness (QED) is 0.655. The molecule has 0 aliphatic carbocycles. The Morgan fingerprint density at radius 2 is 2.04 bits per heavy atom. The van der Waals surface area contributed by atoms with Crippen LogP contribution in [0, 0.1) is 5.82 Å². The van der Waals surface area contributed by atoms with Crippen LogP contribution in [0.3, 0.4) is 0 Å². The van der Waals surface area contributed by atoms with Gasteiger partial charge in [0.15, 0.2) is 5.76 Å². The summed E-state index contributed by atoms with van der Waals surface area (Å²) < 4.78 is 18.4. The van der Waals surface area contributed by atoms with Crippen LogP contribution in [-0.2, 0) is 6.54 Å². The first-order chi connectivity index (χ1) is 12.5. The molecule has 7 heteroatoms. The molecule has 1 aromatic heterocycles. The molecule has 2 N–H and O–H groups in total. The average molecular weight is 375 g/mol. The lowest BCUT2D eigenvalue weighted by molar-refractivity contribution is 0.0694. The number of nitrogens with zero attached hydrogens (tertiary/aromatic N) is 1. The second-order valence-corrected chi connectivity index (χ2v) is 6.25. The minimum Gasteiger partial charge on any atom is -0.477 e. The third kappa shape index (κ3) is 3.92. The fourth-order valence-electron chi connectivity index (χ4n) is 2.62. The normalized spacial score (nSPS) is 12.1. The van der Waals surface area contributed by atoms with Crippen LogP contribution in [0.25, 0.3) is 11.3 Å². The van der Waals surface area contributed by atoms with Gasteiger partial charge >= 0.3 is 5.97 Å². The van der Waals surface area contributed by atoms with Gasteiger partial charge < -0.3 is 14.9 Å². The number of nitrogens with one attached hydrogen (secondary N) is 1. The highest BCUT2D eigenvalue weighted by Crippen LogP contribution is 2.29. The topological polar surface area (TPSA) is 75.4 Å². The summed E-state index contributed by atoms with van der Waals surface area (Å²) in [6.07, 6.45) is 0. The lowest BCUT2D eigenvalue weighted by atomic mass is 10.0. The first-order valence-electron chi connectivity index (χ1n) is 7.92. The Hall–Kier alpha value is -2.70. The van der Waals surface area contributed by atoms with Crippen LogP contribution < -0.4 is 5.32 Å². The zero-order chi connectivity index (χ0) is 18.7. The van der Waals surface area contributed by atoms with E-state index in [1.165, 1.54) is 24.3 Å². The number of carboxylic acids is 1. The SMILES string of the molecule is CC(NCc1cccc(Cl)c1)c1onc(-c2ccc(F)cc2)c1C(=O)O. The molecule has 1 unspecified atom stereocenters. The van der Waals surface area contributed by atoms with E-state index in [0.29, 0.717) is 17.1 Å². The fraction of sp³-hybridized carbons (Fsp3) is 0.158. The van der Waals surface area contributed by atoms with Crippen molar-refractivity contribution < 1.29 is 18.8 Å². The molecule has 1 heterocycles. The van der Waals surface area contributed by atoms with Crippen LogP contribution in [0.4, 0.5) is 4.39 Å². The van der Waals surface area contributed by atoms with Gasteiger partial charge in [0, 0.05) is 17.1 Å². The molecule has 0 aliphatic heterocycles. The number of carboxylic acid groups (broad SMARTS) is 1. The van der Waals surface area contributed by atoms with Crippen molar-refractivity contribution in [1.82, 2.24) is 10.5 Å². The molecule has 1 atom stereocenters. The number of halogens is 2. The van der Waals surface area contributed by atoms with Gasteiger partial charge in [0.25, 0.3) is 0 Å². The van der Waals surface area contributed by atoms with Crippen molar-refractivity contribution in [2.45, 2.75) is 19.5 Å². The first kappa shape index (κ1) is 18.1. The largest absolute Gasteiger partial charge is 0.477 e. The number of hydrogen-bond donors (Lipinski definition) is 2. The first-order valence-corrected chi connectivity index (χ1v) is 8.30. The molecule has 0 spiro atoms. The molecule has 0 amide bonds. The molecule has 0 aliphatic rings. The van der Waals surface area contributed by atoms with Gasteiger partial charge in [-0.25, -0.2) is 9.18 Å². The number of aromatic nitrogens is 1. The summed E-state index contributed by atoms with van der Waals surface area (Å²) >= 11 is 5.97. The Kier molecular flexibility index (Phi) is 5.35. The summed E-state index contributed by atoms with van der Waals surface area (Å²) in [4.78, 5) is 11.7. The minimum atomic E-state index is -1.16. The number of aromatic carboxylic acids is 1. The highest BCUT2D eigenvalue weighted by molar-refractivity contribution is 6.30. The Bertz CT molecular complexity index is 925. The van der Waals surface area contributed by atoms with E-state index in [4.69, 9.17) is 16.1 Å². The summed E-state index contributed by atoms with van der Waals surface area (Å²) in [6.45, 7) is 2.26. The third-order valence-electron chi connectivity index (χ3n) is 3.94. The van der Waals surface area contributed by atoms with Gasteiger partial charge in [-0.1, -0.05) is 28.9 Å². The molecule has 0 saturated carbocycles.